The van der Waals surface area contributed by atoms with Crippen LogP contribution in [-0.4, -0.2) is 37.2 Å². The van der Waals surface area contributed by atoms with Gasteiger partial charge in [0.25, 0.3) is 0 Å². The third-order valence-electron chi connectivity index (χ3n) is 12.4. The minimum Gasteiger partial charge on any atom is -0.462 e. The van der Waals surface area contributed by atoms with E-state index in [9.17, 15) is 14.4 Å². The number of carbonyl (C=O) groups is 3. The monoisotopic (exact) mass is 899 g/mol. The van der Waals surface area contributed by atoms with Crippen molar-refractivity contribution in [3.63, 3.8) is 0 Å². The maximum atomic E-state index is 12.8. The van der Waals surface area contributed by atoms with Crippen LogP contribution in [0.2, 0.25) is 0 Å². The Hall–Kier alpha value is -2.37. The summed E-state index contributed by atoms with van der Waals surface area (Å²) in [6, 6.07) is 0. The second-order valence-corrected chi connectivity index (χ2v) is 18.8. The highest BCUT2D eigenvalue weighted by molar-refractivity contribution is 5.71. The molecule has 0 fully saturated rings. The van der Waals surface area contributed by atoms with E-state index < -0.39 is 6.10 Å². The number of carbonyl (C=O) groups excluding carboxylic acids is 3. The summed E-state index contributed by atoms with van der Waals surface area (Å²) in [5.41, 5.74) is 0. The van der Waals surface area contributed by atoms with E-state index in [-0.39, 0.29) is 31.1 Å². The van der Waals surface area contributed by atoms with Crippen molar-refractivity contribution in [2.24, 2.45) is 0 Å². The molecule has 0 aromatic carbocycles. The Bertz CT molecular complexity index is 1080. The Morgan fingerprint density at radius 3 is 0.891 bits per heavy atom. The molecule has 0 spiro atoms. The first kappa shape index (κ1) is 61.6. The number of allylic oxidation sites excluding steroid dienone is 6. The zero-order chi connectivity index (χ0) is 46.5. The molecule has 0 bridgehead atoms. The molecule has 0 aromatic heterocycles. The average molecular weight is 899 g/mol. The van der Waals surface area contributed by atoms with Crippen molar-refractivity contribution in [1.29, 1.82) is 0 Å². The maximum Gasteiger partial charge on any atom is 0.306 e. The van der Waals surface area contributed by atoms with Gasteiger partial charge in [-0.25, -0.2) is 0 Å². The summed E-state index contributed by atoms with van der Waals surface area (Å²) >= 11 is 0. The van der Waals surface area contributed by atoms with Gasteiger partial charge < -0.3 is 14.2 Å². The van der Waals surface area contributed by atoms with Gasteiger partial charge in [-0.15, -0.1) is 0 Å². The molecule has 374 valence electrons. The molecule has 0 radical (unpaired) electrons. The highest BCUT2D eigenvalue weighted by Crippen LogP contribution is 2.16. The van der Waals surface area contributed by atoms with Gasteiger partial charge in [0.15, 0.2) is 6.10 Å². The summed E-state index contributed by atoms with van der Waals surface area (Å²) in [5.74, 6) is -0.877. The second-order valence-electron chi connectivity index (χ2n) is 18.8. The topological polar surface area (TPSA) is 78.9 Å². The van der Waals surface area contributed by atoms with E-state index in [0.29, 0.717) is 19.3 Å². The lowest BCUT2D eigenvalue weighted by Gasteiger charge is -2.18. The largest absolute Gasteiger partial charge is 0.462 e. The Balaban J connectivity index is 4.36. The zero-order valence-corrected chi connectivity index (χ0v) is 42.8. The van der Waals surface area contributed by atoms with E-state index in [0.717, 1.165) is 77.0 Å². The molecule has 0 saturated carbocycles. The minimum absolute atomic E-state index is 0.0747. The van der Waals surface area contributed by atoms with Crippen LogP contribution >= 0.6 is 0 Å². The molecule has 0 rings (SSSR count). The first-order chi connectivity index (χ1) is 31.5. The fourth-order valence-corrected chi connectivity index (χ4v) is 8.12. The van der Waals surface area contributed by atoms with Crippen molar-refractivity contribution in [3.8, 4) is 0 Å². The van der Waals surface area contributed by atoms with E-state index in [1.165, 1.54) is 180 Å². The molecular weight excluding hydrogens is 793 g/mol. The maximum absolute atomic E-state index is 12.8. The molecule has 6 nitrogen and oxygen atoms in total. The molecule has 64 heavy (non-hydrogen) atoms. The van der Waals surface area contributed by atoms with E-state index in [1.54, 1.807) is 0 Å². The highest BCUT2D eigenvalue weighted by atomic mass is 16.6. The molecule has 1 atom stereocenters. The summed E-state index contributed by atoms with van der Waals surface area (Å²) in [5, 5.41) is 0. The standard InChI is InChI=1S/C58H106O6/c1-4-7-10-13-16-19-22-25-27-28-29-31-33-36-39-42-45-48-51-57(60)63-54-55(53-62-56(59)50-47-44-41-38-35-32-24-21-18-15-12-9-6-3)64-58(61)52-49-46-43-40-37-34-30-26-23-20-17-14-11-8-5-2/h19,22,26-28,30,55H,4-18,20-21,23-25,29,31-54H2,1-3H3/b22-19-,28-27-,30-26-. The summed E-state index contributed by atoms with van der Waals surface area (Å²) in [6.07, 6.45) is 62.7. The van der Waals surface area contributed by atoms with Crippen LogP contribution in [0.1, 0.15) is 297 Å². The number of ether oxygens (including phenoxy) is 3. The lowest BCUT2D eigenvalue weighted by Crippen LogP contribution is -2.30. The van der Waals surface area contributed by atoms with Crippen LogP contribution in [0.4, 0.5) is 0 Å². The summed E-state index contributed by atoms with van der Waals surface area (Å²) < 4.78 is 16.8. The van der Waals surface area contributed by atoms with Gasteiger partial charge in [0.1, 0.15) is 13.2 Å². The van der Waals surface area contributed by atoms with Crippen LogP contribution < -0.4 is 0 Å². The van der Waals surface area contributed by atoms with Crippen molar-refractivity contribution < 1.29 is 28.6 Å². The Morgan fingerprint density at radius 2 is 0.562 bits per heavy atom. The molecule has 0 aromatic rings. The molecular formula is C58H106O6. The second kappa shape index (κ2) is 53.2. The van der Waals surface area contributed by atoms with E-state index >= 15 is 0 Å². The smallest absolute Gasteiger partial charge is 0.306 e. The Morgan fingerprint density at radius 1 is 0.312 bits per heavy atom. The van der Waals surface area contributed by atoms with E-state index in [1.807, 2.05) is 0 Å². The van der Waals surface area contributed by atoms with Gasteiger partial charge in [-0.05, 0) is 77.0 Å². The summed E-state index contributed by atoms with van der Waals surface area (Å²) in [6.45, 7) is 6.63. The first-order valence-corrected chi connectivity index (χ1v) is 28.0. The normalized spacial score (nSPS) is 12.2. The van der Waals surface area contributed by atoms with Gasteiger partial charge >= 0.3 is 17.9 Å². The predicted molar refractivity (Wildman–Crippen MR) is 275 cm³/mol. The number of rotatable bonds is 51. The fraction of sp³-hybridized carbons (Fsp3) is 0.845. The van der Waals surface area contributed by atoms with Crippen LogP contribution in [0.15, 0.2) is 36.5 Å². The zero-order valence-electron chi connectivity index (χ0n) is 42.8. The van der Waals surface area contributed by atoms with Crippen molar-refractivity contribution in [3.05, 3.63) is 36.5 Å². The average Bonchev–Trinajstić information content (AvgIpc) is 3.29. The van der Waals surface area contributed by atoms with Crippen molar-refractivity contribution >= 4 is 17.9 Å². The van der Waals surface area contributed by atoms with Gasteiger partial charge in [-0.1, -0.05) is 237 Å². The minimum atomic E-state index is -0.776. The molecule has 0 N–H and O–H groups in total. The van der Waals surface area contributed by atoms with Gasteiger partial charge in [-0.2, -0.15) is 0 Å². The number of hydrogen-bond acceptors (Lipinski definition) is 6. The lowest BCUT2D eigenvalue weighted by molar-refractivity contribution is -0.167. The molecule has 0 aliphatic rings. The van der Waals surface area contributed by atoms with Crippen LogP contribution in [0.5, 0.6) is 0 Å². The number of hydrogen-bond donors (Lipinski definition) is 0. The number of esters is 3. The molecule has 0 aliphatic heterocycles. The van der Waals surface area contributed by atoms with Crippen LogP contribution in [0, 0.1) is 0 Å². The van der Waals surface area contributed by atoms with Gasteiger partial charge in [-0.3, -0.25) is 14.4 Å². The Labute approximate surface area is 397 Å². The first-order valence-electron chi connectivity index (χ1n) is 28.0. The summed E-state index contributed by atoms with van der Waals surface area (Å²) in [7, 11) is 0. The van der Waals surface area contributed by atoms with E-state index in [4.69, 9.17) is 14.2 Å². The summed E-state index contributed by atoms with van der Waals surface area (Å²) in [4.78, 5) is 38.1. The molecule has 1 unspecified atom stereocenters. The molecule has 0 heterocycles. The van der Waals surface area contributed by atoms with Gasteiger partial charge in [0.2, 0.25) is 0 Å². The van der Waals surface area contributed by atoms with Gasteiger partial charge in [0, 0.05) is 19.3 Å². The highest BCUT2D eigenvalue weighted by Gasteiger charge is 2.19. The van der Waals surface area contributed by atoms with Crippen LogP contribution in [0.3, 0.4) is 0 Å². The third kappa shape index (κ3) is 50.6. The number of unbranched alkanes of at least 4 members (excludes halogenated alkanes) is 34. The van der Waals surface area contributed by atoms with E-state index in [2.05, 4.69) is 57.2 Å². The quantitative estimate of drug-likeness (QED) is 0.0262. The van der Waals surface area contributed by atoms with Crippen molar-refractivity contribution in [2.45, 2.75) is 303 Å². The predicted octanol–water partition coefficient (Wildman–Crippen LogP) is 18.5. The fourth-order valence-electron chi connectivity index (χ4n) is 8.12. The van der Waals surface area contributed by atoms with Gasteiger partial charge in [0.05, 0.1) is 0 Å². The van der Waals surface area contributed by atoms with Crippen molar-refractivity contribution in [1.82, 2.24) is 0 Å². The molecule has 0 amide bonds. The van der Waals surface area contributed by atoms with Crippen molar-refractivity contribution in [2.75, 3.05) is 13.2 Å². The Kier molecular flexibility index (Phi) is 51.3. The molecule has 0 saturated heterocycles. The third-order valence-corrected chi connectivity index (χ3v) is 12.4. The SMILES string of the molecule is CCCCCC/C=C\C/C=C\CCCCCCCCCC(=O)OCC(COC(=O)CCCCCCCCCCCCCCC)OC(=O)CCCCCCC/C=C\CCCCCCCC. The molecule has 0 aliphatic carbocycles. The lowest BCUT2D eigenvalue weighted by atomic mass is 10.0. The molecule has 6 heteroatoms. The van der Waals surface area contributed by atoms with Crippen LogP contribution in [0.25, 0.3) is 0 Å². The van der Waals surface area contributed by atoms with Crippen LogP contribution in [-0.2, 0) is 28.6 Å².